The van der Waals surface area contributed by atoms with E-state index in [1.807, 2.05) is 66.9 Å². The summed E-state index contributed by atoms with van der Waals surface area (Å²) in [6, 6.07) is 22.3. The molecule has 0 bridgehead atoms. The van der Waals surface area contributed by atoms with Crippen molar-refractivity contribution < 1.29 is 9.59 Å². The number of carbonyl (C=O) groups excluding carboxylic acids is 2. The van der Waals surface area contributed by atoms with Crippen molar-refractivity contribution in [1.82, 2.24) is 9.88 Å². The van der Waals surface area contributed by atoms with Crippen molar-refractivity contribution >= 4 is 28.4 Å². The number of H-pyrrole nitrogens is 1. The van der Waals surface area contributed by atoms with Gasteiger partial charge in [0.15, 0.2) is 0 Å². The molecule has 1 aliphatic heterocycles. The van der Waals surface area contributed by atoms with E-state index < -0.39 is 6.04 Å². The third-order valence-electron chi connectivity index (χ3n) is 5.97. The fraction of sp³-hybridized carbons (Fsp3) is 0.154. The Morgan fingerprint density at radius 1 is 0.969 bits per heavy atom. The molecule has 0 fully saturated rings. The number of hydrogen-bond donors (Lipinski definition) is 3. The Bertz CT molecular complexity index is 1300. The van der Waals surface area contributed by atoms with Crippen molar-refractivity contribution in [3.05, 3.63) is 101 Å². The molecule has 0 saturated carbocycles. The van der Waals surface area contributed by atoms with Crippen LogP contribution in [0.5, 0.6) is 0 Å². The number of para-hydroxylation sites is 1. The summed E-state index contributed by atoms with van der Waals surface area (Å²) in [6.45, 7) is 1.02. The number of nitrogens with zero attached hydrogens (tertiary/aromatic N) is 1. The van der Waals surface area contributed by atoms with E-state index in [0.717, 1.165) is 33.3 Å². The fourth-order valence-corrected chi connectivity index (χ4v) is 4.28. The Morgan fingerprint density at radius 2 is 1.72 bits per heavy atom. The van der Waals surface area contributed by atoms with Gasteiger partial charge in [-0.2, -0.15) is 0 Å². The molecule has 32 heavy (non-hydrogen) atoms. The average molecular weight is 425 g/mol. The van der Waals surface area contributed by atoms with Gasteiger partial charge >= 0.3 is 0 Å². The highest BCUT2D eigenvalue weighted by molar-refractivity contribution is 6.04. The van der Waals surface area contributed by atoms with Crippen LogP contribution in [0.3, 0.4) is 0 Å². The molecule has 0 saturated heterocycles. The smallest absolute Gasteiger partial charge is 0.255 e. The van der Waals surface area contributed by atoms with Crippen molar-refractivity contribution in [2.75, 3.05) is 5.32 Å². The Morgan fingerprint density at radius 3 is 2.56 bits per heavy atom. The van der Waals surface area contributed by atoms with E-state index >= 15 is 0 Å². The summed E-state index contributed by atoms with van der Waals surface area (Å²) in [6.07, 6.45) is 2.41. The summed E-state index contributed by atoms with van der Waals surface area (Å²) in [5, 5.41) is 4.03. The minimum atomic E-state index is -0.610. The Labute approximate surface area is 186 Å². The Hall–Kier alpha value is -3.90. The van der Waals surface area contributed by atoms with Crippen LogP contribution in [0.4, 0.5) is 5.69 Å². The minimum absolute atomic E-state index is 0.0682. The first-order valence-electron chi connectivity index (χ1n) is 10.7. The average Bonchev–Trinajstić information content (AvgIpc) is 3.43. The summed E-state index contributed by atoms with van der Waals surface area (Å²) in [7, 11) is 0. The monoisotopic (exact) mass is 424 g/mol. The number of fused-ring (bicyclic) bond motifs is 2. The van der Waals surface area contributed by atoms with Crippen molar-refractivity contribution in [3.63, 3.8) is 0 Å². The first-order valence-corrected chi connectivity index (χ1v) is 10.7. The van der Waals surface area contributed by atoms with Crippen LogP contribution in [-0.4, -0.2) is 27.7 Å². The number of hydrogen-bond acceptors (Lipinski definition) is 3. The van der Waals surface area contributed by atoms with Gasteiger partial charge in [-0.05, 0) is 53.4 Å². The second-order valence-electron chi connectivity index (χ2n) is 8.17. The quantitative estimate of drug-likeness (QED) is 0.455. The molecule has 0 radical (unpaired) electrons. The molecule has 4 aromatic rings. The highest BCUT2D eigenvalue weighted by atomic mass is 16.2. The molecule has 1 aliphatic rings. The van der Waals surface area contributed by atoms with Crippen LogP contribution < -0.4 is 11.1 Å². The normalized spacial score (nSPS) is 13.7. The van der Waals surface area contributed by atoms with Gasteiger partial charge in [0.25, 0.3) is 5.91 Å². The number of nitrogens with two attached hydrogens (primary N) is 1. The molecular weight excluding hydrogens is 400 g/mol. The van der Waals surface area contributed by atoms with E-state index in [9.17, 15) is 9.59 Å². The van der Waals surface area contributed by atoms with Crippen molar-refractivity contribution in [3.8, 4) is 0 Å². The highest BCUT2D eigenvalue weighted by Crippen LogP contribution is 2.27. The maximum absolute atomic E-state index is 13.0. The molecule has 1 aromatic heterocycles. The van der Waals surface area contributed by atoms with Gasteiger partial charge in [-0.25, -0.2) is 0 Å². The third kappa shape index (κ3) is 3.88. The molecule has 0 aliphatic carbocycles. The summed E-state index contributed by atoms with van der Waals surface area (Å²) >= 11 is 0. The highest BCUT2D eigenvalue weighted by Gasteiger charge is 2.28. The van der Waals surface area contributed by atoms with E-state index in [1.54, 1.807) is 17.0 Å². The van der Waals surface area contributed by atoms with Crippen molar-refractivity contribution in [1.29, 1.82) is 0 Å². The fourth-order valence-electron chi connectivity index (χ4n) is 4.28. The molecule has 1 unspecified atom stereocenters. The number of benzene rings is 3. The summed E-state index contributed by atoms with van der Waals surface area (Å²) < 4.78 is 0. The third-order valence-corrected chi connectivity index (χ3v) is 5.97. The number of rotatable bonds is 5. The van der Waals surface area contributed by atoms with Crippen molar-refractivity contribution in [2.24, 2.45) is 5.73 Å². The molecular formula is C26H24N4O2. The van der Waals surface area contributed by atoms with Crippen LogP contribution in [0.1, 0.15) is 27.0 Å². The molecule has 1 atom stereocenters. The molecule has 5 rings (SSSR count). The molecule has 2 amide bonds. The zero-order valence-corrected chi connectivity index (χ0v) is 17.5. The number of nitrogens with one attached hydrogen (secondary N) is 2. The molecule has 6 nitrogen and oxygen atoms in total. The molecule has 6 heteroatoms. The van der Waals surface area contributed by atoms with Gasteiger partial charge in [-0.15, -0.1) is 0 Å². The van der Waals surface area contributed by atoms with E-state index in [-0.39, 0.29) is 11.8 Å². The van der Waals surface area contributed by atoms with Gasteiger partial charge in [0.1, 0.15) is 0 Å². The van der Waals surface area contributed by atoms with Crippen LogP contribution in [0.15, 0.2) is 79.0 Å². The number of anilines is 1. The van der Waals surface area contributed by atoms with E-state index in [1.165, 1.54) is 0 Å². The number of aromatic nitrogens is 1. The molecule has 4 N–H and O–H groups in total. The predicted molar refractivity (Wildman–Crippen MR) is 125 cm³/mol. The molecule has 0 spiro atoms. The lowest BCUT2D eigenvalue weighted by Gasteiger charge is -2.20. The molecule has 2 heterocycles. The molecule has 3 aromatic carbocycles. The lowest BCUT2D eigenvalue weighted by atomic mass is 10.0. The first kappa shape index (κ1) is 20.0. The Kier molecular flexibility index (Phi) is 5.21. The van der Waals surface area contributed by atoms with Gasteiger partial charge in [0, 0.05) is 41.4 Å². The minimum Gasteiger partial charge on any atom is -0.361 e. The lowest BCUT2D eigenvalue weighted by Crippen LogP contribution is -2.42. The largest absolute Gasteiger partial charge is 0.361 e. The number of aromatic amines is 1. The van der Waals surface area contributed by atoms with Crippen LogP contribution in [0.2, 0.25) is 0 Å². The SMILES string of the molecule is NC(Cc1c[nH]c2ccccc12)C(=O)N1Cc2ccc(NC(=O)c3ccccc3)cc2C1. The maximum Gasteiger partial charge on any atom is 0.255 e. The zero-order chi connectivity index (χ0) is 22.1. The van der Waals surface area contributed by atoms with Gasteiger partial charge in [-0.1, -0.05) is 42.5 Å². The van der Waals surface area contributed by atoms with Crippen LogP contribution in [0, 0.1) is 0 Å². The Balaban J connectivity index is 1.25. The zero-order valence-electron chi connectivity index (χ0n) is 17.5. The number of amides is 2. The van der Waals surface area contributed by atoms with E-state index in [2.05, 4.69) is 10.3 Å². The van der Waals surface area contributed by atoms with Gasteiger partial charge in [0.05, 0.1) is 6.04 Å². The van der Waals surface area contributed by atoms with E-state index in [0.29, 0.717) is 25.1 Å². The standard InChI is InChI=1S/C26H24N4O2/c27-23(13-19-14-28-24-9-5-4-8-22(19)24)26(32)30-15-18-10-11-21(12-20(18)16-30)29-25(31)17-6-2-1-3-7-17/h1-12,14,23,28H,13,15-16,27H2,(H,29,31). The van der Waals surface area contributed by atoms with Crippen LogP contribution >= 0.6 is 0 Å². The second kappa shape index (κ2) is 8.32. The summed E-state index contributed by atoms with van der Waals surface area (Å²) in [5.41, 5.74) is 11.8. The topological polar surface area (TPSA) is 91.2 Å². The van der Waals surface area contributed by atoms with Gasteiger partial charge in [0.2, 0.25) is 5.91 Å². The van der Waals surface area contributed by atoms with Crippen LogP contribution in [-0.2, 0) is 24.3 Å². The molecule has 160 valence electrons. The predicted octanol–water partition coefficient (Wildman–Crippen LogP) is 3.83. The lowest BCUT2D eigenvalue weighted by molar-refractivity contribution is -0.133. The maximum atomic E-state index is 13.0. The first-order chi connectivity index (χ1) is 15.6. The van der Waals surface area contributed by atoms with Gasteiger partial charge in [-0.3, -0.25) is 9.59 Å². The second-order valence-corrected chi connectivity index (χ2v) is 8.17. The summed E-state index contributed by atoms with van der Waals surface area (Å²) in [5.74, 6) is -0.224. The van der Waals surface area contributed by atoms with Gasteiger partial charge < -0.3 is 20.9 Å². The summed E-state index contributed by atoms with van der Waals surface area (Å²) in [4.78, 5) is 30.5. The van der Waals surface area contributed by atoms with Crippen molar-refractivity contribution in [2.45, 2.75) is 25.6 Å². The van der Waals surface area contributed by atoms with E-state index in [4.69, 9.17) is 5.73 Å². The van der Waals surface area contributed by atoms with Crippen LogP contribution in [0.25, 0.3) is 10.9 Å². The number of carbonyl (C=O) groups is 2.